The SMILES string of the molecule is C.CC.CC.CC1CCN(C)CC1.CCC(COCc1ccccc1)/C(C)=C/C=C\C=C\O.NC=O. The van der Waals surface area contributed by atoms with Gasteiger partial charge in [0.1, 0.15) is 0 Å². The molecule has 5 heteroatoms. The van der Waals surface area contributed by atoms with E-state index in [2.05, 4.69) is 56.7 Å². The van der Waals surface area contributed by atoms with Crippen molar-refractivity contribution in [2.75, 3.05) is 26.7 Å². The molecule has 1 aliphatic rings. The Morgan fingerprint density at radius 1 is 1.11 bits per heavy atom. The van der Waals surface area contributed by atoms with Gasteiger partial charge in [0, 0.05) is 5.92 Å². The Bertz CT molecular complexity index is 624. The highest BCUT2D eigenvalue weighted by Crippen LogP contribution is 2.16. The summed E-state index contributed by atoms with van der Waals surface area (Å²) in [5.41, 5.74) is 6.67. The van der Waals surface area contributed by atoms with Gasteiger partial charge in [-0.05, 0) is 63.9 Å². The first-order valence-corrected chi connectivity index (χ1v) is 13.1. The maximum atomic E-state index is 8.58. The van der Waals surface area contributed by atoms with Crippen molar-refractivity contribution < 1.29 is 14.6 Å². The quantitative estimate of drug-likeness (QED) is 0.213. The number of carbonyl (C=O) groups is 1. The Kier molecular flexibility index (Phi) is 37.0. The van der Waals surface area contributed by atoms with Crippen LogP contribution in [0.5, 0.6) is 0 Å². The minimum atomic E-state index is 0. The highest BCUT2D eigenvalue weighted by atomic mass is 16.5. The molecule has 0 bridgehead atoms. The first kappa shape index (κ1) is 40.8. The summed E-state index contributed by atoms with van der Waals surface area (Å²) in [6.45, 7) is 18.6. The molecule has 1 atom stereocenters. The summed E-state index contributed by atoms with van der Waals surface area (Å²) in [6, 6.07) is 10.2. The van der Waals surface area contributed by atoms with Crippen LogP contribution in [0.2, 0.25) is 0 Å². The zero-order valence-corrected chi connectivity index (χ0v) is 23.7. The number of primary amides is 1. The number of aliphatic hydroxyl groups is 1. The van der Waals surface area contributed by atoms with Crippen molar-refractivity contribution in [3.63, 3.8) is 0 Å². The molecule has 1 heterocycles. The minimum absolute atomic E-state index is 0. The van der Waals surface area contributed by atoms with Crippen LogP contribution in [0, 0.1) is 11.8 Å². The Morgan fingerprint density at radius 2 is 1.64 bits per heavy atom. The van der Waals surface area contributed by atoms with Gasteiger partial charge in [-0.1, -0.05) is 103 Å². The summed E-state index contributed by atoms with van der Waals surface area (Å²) < 4.78 is 5.80. The number of rotatable bonds is 8. The number of allylic oxidation sites excluding steroid dienone is 4. The molecule has 3 N–H and O–H groups in total. The van der Waals surface area contributed by atoms with E-state index in [1.807, 2.05) is 52.0 Å². The van der Waals surface area contributed by atoms with E-state index in [4.69, 9.17) is 14.6 Å². The molecule has 0 saturated carbocycles. The fraction of sp³-hybridized carbons (Fsp3) is 0.581. The molecule has 0 aromatic heterocycles. The van der Waals surface area contributed by atoms with E-state index >= 15 is 0 Å². The highest BCUT2D eigenvalue weighted by molar-refractivity contribution is 5.42. The maximum absolute atomic E-state index is 8.58. The smallest absolute Gasteiger partial charge is 0.204 e. The van der Waals surface area contributed by atoms with E-state index < -0.39 is 0 Å². The topological polar surface area (TPSA) is 75.8 Å². The highest BCUT2D eigenvalue weighted by Gasteiger charge is 2.10. The molecule has 1 saturated heterocycles. The first-order valence-electron chi connectivity index (χ1n) is 13.1. The summed E-state index contributed by atoms with van der Waals surface area (Å²) >= 11 is 0. The number of carbonyl (C=O) groups excluding carboxylic acids is 1. The second kappa shape index (κ2) is 32.6. The van der Waals surface area contributed by atoms with Gasteiger partial charge in [-0.25, -0.2) is 0 Å². The molecule has 0 spiro atoms. The molecule has 0 aliphatic carbocycles. The molecule has 2 rings (SSSR count). The first-order chi connectivity index (χ1) is 17.0. The lowest BCUT2D eigenvalue weighted by Gasteiger charge is -2.26. The van der Waals surface area contributed by atoms with Crippen LogP contribution in [0.3, 0.4) is 0 Å². The van der Waals surface area contributed by atoms with Crippen LogP contribution < -0.4 is 5.73 Å². The molecule has 1 amide bonds. The number of amides is 1. The number of ether oxygens (including phenoxy) is 1. The third-order valence-corrected chi connectivity index (χ3v) is 5.24. The zero-order chi connectivity index (χ0) is 27.3. The molecule has 1 aliphatic heterocycles. The Labute approximate surface area is 224 Å². The monoisotopic (exact) mass is 506 g/mol. The van der Waals surface area contributed by atoms with Crippen molar-refractivity contribution in [1.29, 1.82) is 0 Å². The van der Waals surface area contributed by atoms with Crippen LogP contribution in [0.4, 0.5) is 0 Å². The van der Waals surface area contributed by atoms with E-state index in [-0.39, 0.29) is 13.8 Å². The molecule has 210 valence electrons. The third-order valence-electron chi connectivity index (χ3n) is 5.24. The normalized spacial score (nSPS) is 14.4. The number of nitrogens with zero attached hydrogens (tertiary/aromatic N) is 1. The van der Waals surface area contributed by atoms with Crippen molar-refractivity contribution in [2.24, 2.45) is 17.6 Å². The van der Waals surface area contributed by atoms with Crippen LogP contribution in [0.25, 0.3) is 0 Å². The van der Waals surface area contributed by atoms with E-state index in [0.29, 0.717) is 12.5 Å². The van der Waals surface area contributed by atoms with E-state index in [9.17, 15) is 0 Å². The lowest BCUT2D eigenvalue weighted by molar-refractivity contribution is -0.106. The summed E-state index contributed by atoms with van der Waals surface area (Å²) in [5.74, 6) is 1.41. The van der Waals surface area contributed by atoms with Crippen molar-refractivity contribution in [2.45, 2.75) is 81.8 Å². The number of hydrogen-bond acceptors (Lipinski definition) is 4. The van der Waals surface area contributed by atoms with Crippen molar-refractivity contribution in [1.82, 2.24) is 4.90 Å². The van der Waals surface area contributed by atoms with Crippen LogP contribution in [-0.4, -0.2) is 43.2 Å². The lowest BCUT2D eigenvalue weighted by Crippen LogP contribution is -2.28. The number of aliphatic hydroxyl groups excluding tert-OH is 1. The fourth-order valence-corrected chi connectivity index (χ4v) is 3.06. The number of piperidine rings is 1. The summed E-state index contributed by atoms with van der Waals surface area (Å²) in [5, 5.41) is 8.54. The van der Waals surface area contributed by atoms with Gasteiger partial charge in [0.25, 0.3) is 0 Å². The van der Waals surface area contributed by atoms with Gasteiger partial charge >= 0.3 is 0 Å². The van der Waals surface area contributed by atoms with Gasteiger partial charge in [-0.3, -0.25) is 4.79 Å². The summed E-state index contributed by atoms with van der Waals surface area (Å²) in [6.07, 6.45) is 12.5. The number of benzene rings is 1. The van der Waals surface area contributed by atoms with Crippen molar-refractivity contribution >= 4 is 6.41 Å². The molecular weight excluding hydrogens is 448 g/mol. The van der Waals surface area contributed by atoms with Crippen LogP contribution in [0.15, 0.2) is 66.5 Å². The third kappa shape index (κ3) is 26.2. The van der Waals surface area contributed by atoms with E-state index in [1.165, 1.54) is 37.1 Å². The van der Waals surface area contributed by atoms with Gasteiger partial charge in [0.05, 0.1) is 19.5 Å². The molecule has 1 aromatic carbocycles. The van der Waals surface area contributed by atoms with Crippen LogP contribution in [-0.2, 0) is 16.1 Å². The Balaban J connectivity index is -0.000000265. The van der Waals surface area contributed by atoms with Crippen molar-refractivity contribution in [3.05, 3.63) is 72.0 Å². The van der Waals surface area contributed by atoms with E-state index in [1.54, 1.807) is 12.2 Å². The van der Waals surface area contributed by atoms with Crippen LogP contribution in [0.1, 0.15) is 80.7 Å². The van der Waals surface area contributed by atoms with E-state index in [0.717, 1.165) is 25.2 Å². The van der Waals surface area contributed by atoms with Crippen molar-refractivity contribution in [3.8, 4) is 0 Å². The predicted molar refractivity (Wildman–Crippen MR) is 160 cm³/mol. The predicted octanol–water partition coefficient (Wildman–Crippen LogP) is 7.94. The zero-order valence-electron chi connectivity index (χ0n) is 23.7. The molecular formula is C31H58N2O3. The second-order valence-electron chi connectivity index (χ2n) is 7.86. The summed E-state index contributed by atoms with van der Waals surface area (Å²) in [7, 11) is 2.20. The second-order valence-corrected chi connectivity index (χ2v) is 7.86. The lowest BCUT2D eigenvalue weighted by atomic mass is 9.98. The molecule has 1 aromatic rings. The van der Waals surface area contributed by atoms with Gasteiger partial charge in [-0.15, -0.1) is 0 Å². The Morgan fingerprint density at radius 3 is 2.08 bits per heavy atom. The molecule has 36 heavy (non-hydrogen) atoms. The molecule has 1 unspecified atom stereocenters. The van der Waals surface area contributed by atoms with Gasteiger partial charge < -0.3 is 20.5 Å². The van der Waals surface area contributed by atoms with Gasteiger partial charge in [0.15, 0.2) is 0 Å². The fourth-order valence-electron chi connectivity index (χ4n) is 3.06. The number of hydrogen-bond donors (Lipinski definition) is 2. The van der Waals surface area contributed by atoms with Crippen LogP contribution >= 0.6 is 0 Å². The molecule has 1 fully saturated rings. The van der Waals surface area contributed by atoms with Gasteiger partial charge in [0.2, 0.25) is 6.41 Å². The number of likely N-dealkylation sites (tertiary alicyclic amines) is 1. The largest absolute Gasteiger partial charge is 0.516 e. The average molecular weight is 507 g/mol. The number of nitrogens with two attached hydrogens (primary N) is 1. The standard InChI is InChI=1S/C18H24O2.C7H15N.2C2H6.CH3NO.CH4/c1-3-18(16(2)10-6-5-9-13-19)15-20-14-17-11-7-4-8-12-17;1-7-3-5-8(2)6-4-7;2*1-2;2-1-3;/h4-13,18-19H,3,14-15H2,1-2H3;7H,3-6H2,1-2H3;2*1-2H3;1H,(H2,2,3);1H4/b6-5-,13-9+,16-10+;;;;;. The Hall–Kier alpha value is -2.37. The average Bonchev–Trinajstić information content (AvgIpc) is 2.90. The summed E-state index contributed by atoms with van der Waals surface area (Å²) in [4.78, 5) is 11.0. The molecule has 5 nitrogen and oxygen atoms in total. The maximum Gasteiger partial charge on any atom is 0.204 e. The van der Waals surface area contributed by atoms with Gasteiger partial charge in [-0.2, -0.15) is 0 Å². The minimum Gasteiger partial charge on any atom is -0.516 e. The molecule has 0 radical (unpaired) electrons.